The maximum atomic E-state index is 15.1. The van der Waals surface area contributed by atoms with E-state index in [0.29, 0.717) is 41.9 Å². The van der Waals surface area contributed by atoms with Gasteiger partial charge in [0, 0.05) is 11.6 Å². The molecule has 0 atom stereocenters. The molecule has 1 nitrogen and oxygen atoms in total. The van der Waals surface area contributed by atoms with Crippen molar-refractivity contribution in [3.8, 4) is 16.9 Å². The van der Waals surface area contributed by atoms with Crippen molar-refractivity contribution in [3.63, 3.8) is 0 Å². The van der Waals surface area contributed by atoms with Gasteiger partial charge in [0.2, 0.25) is 0 Å². The first-order chi connectivity index (χ1) is 17.0. The van der Waals surface area contributed by atoms with Gasteiger partial charge < -0.3 is 4.74 Å². The molecule has 4 heteroatoms. The highest BCUT2D eigenvalue weighted by Gasteiger charge is 2.26. The van der Waals surface area contributed by atoms with Gasteiger partial charge in [-0.2, -0.15) is 0 Å². The van der Waals surface area contributed by atoms with Crippen LogP contribution in [-0.4, -0.2) is 6.61 Å². The van der Waals surface area contributed by atoms with E-state index in [-0.39, 0.29) is 17.3 Å². The van der Waals surface area contributed by atoms with Crippen LogP contribution in [0.1, 0.15) is 75.0 Å². The molecule has 0 radical (unpaired) electrons. The van der Waals surface area contributed by atoms with Gasteiger partial charge in [0.25, 0.3) is 0 Å². The Balaban J connectivity index is 1.41. The molecular weight excluding hydrogens is 445 g/mol. The maximum Gasteiger partial charge on any atom is 0.166 e. The van der Waals surface area contributed by atoms with Crippen LogP contribution in [0.4, 0.5) is 13.2 Å². The fourth-order valence-corrected chi connectivity index (χ4v) is 5.39. The molecule has 35 heavy (non-hydrogen) atoms. The number of rotatable bonds is 9. The Hall–Kier alpha value is -2.75. The van der Waals surface area contributed by atoms with E-state index in [4.69, 9.17) is 4.74 Å². The van der Waals surface area contributed by atoms with Crippen molar-refractivity contribution < 1.29 is 17.9 Å². The average Bonchev–Trinajstić information content (AvgIpc) is 2.87. The molecule has 3 aromatic rings. The van der Waals surface area contributed by atoms with Gasteiger partial charge in [-0.05, 0) is 85.6 Å². The molecule has 0 saturated heterocycles. The van der Waals surface area contributed by atoms with E-state index in [0.717, 1.165) is 37.2 Å². The molecule has 0 heterocycles. The highest BCUT2D eigenvalue weighted by Crippen LogP contribution is 2.40. The van der Waals surface area contributed by atoms with Crippen LogP contribution in [0.25, 0.3) is 11.1 Å². The monoisotopic (exact) mass is 480 g/mol. The second-order valence-corrected chi connectivity index (χ2v) is 9.72. The maximum absolute atomic E-state index is 15.1. The zero-order chi connectivity index (χ0) is 24.8. The summed E-state index contributed by atoms with van der Waals surface area (Å²) in [5.74, 6) is -0.365. The number of ether oxygens (including phenoxy) is 1. The molecule has 0 bridgehead atoms. The van der Waals surface area contributed by atoms with Crippen molar-refractivity contribution in [1.82, 2.24) is 0 Å². The number of hydrogen-bond acceptors (Lipinski definition) is 1. The Morgan fingerprint density at radius 3 is 2.20 bits per heavy atom. The summed E-state index contributed by atoms with van der Waals surface area (Å²) >= 11 is 0. The minimum atomic E-state index is -0.762. The number of hydrogen-bond donors (Lipinski definition) is 0. The van der Waals surface area contributed by atoms with Crippen LogP contribution in [0.2, 0.25) is 0 Å². The van der Waals surface area contributed by atoms with Crippen LogP contribution in [0, 0.1) is 23.4 Å². The van der Waals surface area contributed by atoms with Gasteiger partial charge in [-0.3, -0.25) is 0 Å². The predicted molar refractivity (Wildman–Crippen MR) is 136 cm³/mol. The highest BCUT2D eigenvalue weighted by molar-refractivity contribution is 5.65. The molecule has 1 fully saturated rings. The fourth-order valence-electron chi connectivity index (χ4n) is 5.39. The van der Waals surface area contributed by atoms with E-state index in [1.54, 1.807) is 24.3 Å². The Morgan fingerprint density at radius 2 is 1.54 bits per heavy atom. The molecule has 0 amide bonds. The summed E-state index contributed by atoms with van der Waals surface area (Å²) in [6, 6.07) is 15.9. The van der Waals surface area contributed by atoms with E-state index < -0.39 is 11.6 Å². The molecule has 1 saturated carbocycles. The molecule has 0 unspecified atom stereocenters. The summed E-state index contributed by atoms with van der Waals surface area (Å²) in [7, 11) is 0. The van der Waals surface area contributed by atoms with Gasteiger partial charge in [-0.25, -0.2) is 13.2 Å². The highest BCUT2D eigenvalue weighted by atomic mass is 19.2. The minimum Gasteiger partial charge on any atom is -0.494 e. The van der Waals surface area contributed by atoms with Gasteiger partial charge in [-0.1, -0.05) is 62.2 Å². The summed E-state index contributed by atoms with van der Waals surface area (Å²) in [6.07, 6.45) is 7.69. The Morgan fingerprint density at radius 1 is 0.800 bits per heavy atom. The van der Waals surface area contributed by atoms with E-state index in [2.05, 4.69) is 6.92 Å². The van der Waals surface area contributed by atoms with E-state index in [9.17, 15) is 4.39 Å². The summed E-state index contributed by atoms with van der Waals surface area (Å²) in [5.41, 5.74) is 3.11. The van der Waals surface area contributed by atoms with Crippen molar-refractivity contribution in [2.75, 3.05) is 6.61 Å². The zero-order valence-electron chi connectivity index (χ0n) is 20.8. The first kappa shape index (κ1) is 25.3. The molecule has 1 aliphatic rings. The standard InChI is InChI=1S/C31H35F3O/c1-3-5-21-6-11-23(12-7-21)27-18-19-28(31(34)30(27)33)24-13-8-22(9-14-24)10-15-25-16-17-26(35-4-2)20-29(25)32/h8-9,13-14,16-21,23H,3-7,10-12,15H2,1-2H3. The lowest BCUT2D eigenvalue weighted by Gasteiger charge is -2.29. The Labute approximate surface area is 207 Å². The molecule has 0 aromatic heterocycles. The summed E-state index contributed by atoms with van der Waals surface area (Å²) in [4.78, 5) is 0. The van der Waals surface area contributed by atoms with Crippen molar-refractivity contribution in [2.45, 2.75) is 71.1 Å². The van der Waals surface area contributed by atoms with Crippen LogP contribution >= 0.6 is 0 Å². The Kier molecular flexibility index (Phi) is 8.54. The largest absolute Gasteiger partial charge is 0.494 e. The first-order valence-electron chi connectivity index (χ1n) is 13.0. The van der Waals surface area contributed by atoms with E-state index in [1.165, 1.54) is 18.9 Å². The van der Waals surface area contributed by atoms with Crippen molar-refractivity contribution in [3.05, 3.63) is 88.7 Å². The molecule has 4 rings (SSSR count). The lowest BCUT2D eigenvalue weighted by molar-refractivity contribution is 0.303. The first-order valence-corrected chi connectivity index (χ1v) is 13.0. The molecule has 3 aromatic carbocycles. The molecular formula is C31H35F3O. The molecule has 186 valence electrons. The van der Waals surface area contributed by atoms with Gasteiger partial charge >= 0.3 is 0 Å². The van der Waals surface area contributed by atoms with E-state index in [1.807, 2.05) is 31.2 Å². The van der Waals surface area contributed by atoms with Crippen LogP contribution in [-0.2, 0) is 12.8 Å². The van der Waals surface area contributed by atoms with Crippen molar-refractivity contribution >= 4 is 0 Å². The van der Waals surface area contributed by atoms with Gasteiger partial charge in [0.15, 0.2) is 11.6 Å². The van der Waals surface area contributed by atoms with Gasteiger partial charge in [0.1, 0.15) is 11.6 Å². The molecule has 1 aliphatic carbocycles. The van der Waals surface area contributed by atoms with Crippen LogP contribution < -0.4 is 4.74 Å². The predicted octanol–water partition coefficient (Wildman–Crippen LogP) is 9.03. The Bertz CT molecular complexity index is 1110. The average molecular weight is 481 g/mol. The van der Waals surface area contributed by atoms with Crippen molar-refractivity contribution in [2.24, 2.45) is 5.92 Å². The third-order valence-corrected chi connectivity index (χ3v) is 7.38. The van der Waals surface area contributed by atoms with E-state index >= 15 is 8.78 Å². The third kappa shape index (κ3) is 6.09. The number of halogens is 3. The second-order valence-electron chi connectivity index (χ2n) is 9.72. The topological polar surface area (TPSA) is 9.23 Å². The smallest absolute Gasteiger partial charge is 0.166 e. The lowest BCUT2D eigenvalue weighted by atomic mass is 9.77. The fraction of sp³-hybridized carbons (Fsp3) is 0.419. The molecule has 0 spiro atoms. The van der Waals surface area contributed by atoms with Crippen LogP contribution in [0.3, 0.4) is 0 Å². The van der Waals surface area contributed by atoms with Gasteiger partial charge in [-0.15, -0.1) is 0 Å². The normalized spacial score (nSPS) is 18.0. The number of aryl methyl sites for hydroxylation is 2. The minimum absolute atomic E-state index is 0.108. The van der Waals surface area contributed by atoms with Gasteiger partial charge in [0.05, 0.1) is 6.61 Å². The summed E-state index contributed by atoms with van der Waals surface area (Å²) in [6.45, 7) is 4.57. The van der Waals surface area contributed by atoms with Crippen LogP contribution in [0.5, 0.6) is 5.75 Å². The lowest BCUT2D eigenvalue weighted by Crippen LogP contribution is -2.14. The SMILES string of the molecule is CCCC1CCC(c2ccc(-c3ccc(CCc4ccc(OCC)cc4F)cc3)c(F)c2F)CC1. The van der Waals surface area contributed by atoms with Crippen LogP contribution in [0.15, 0.2) is 54.6 Å². The second kappa shape index (κ2) is 11.8. The summed E-state index contributed by atoms with van der Waals surface area (Å²) < 4.78 is 49.8. The zero-order valence-corrected chi connectivity index (χ0v) is 20.8. The van der Waals surface area contributed by atoms with Crippen molar-refractivity contribution in [1.29, 1.82) is 0 Å². The summed E-state index contributed by atoms with van der Waals surface area (Å²) in [5, 5.41) is 0. The number of benzene rings is 3. The molecule has 0 N–H and O–H groups in total. The molecule has 0 aliphatic heterocycles. The third-order valence-electron chi connectivity index (χ3n) is 7.38. The quantitative estimate of drug-likeness (QED) is 0.297.